The Labute approximate surface area is 101 Å². The lowest BCUT2D eigenvalue weighted by molar-refractivity contribution is -0.109. The lowest BCUT2D eigenvalue weighted by Gasteiger charge is -2.22. The Hall–Kier alpha value is -0.930. The summed E-state index contributed by atoms with van der Waals surface area (Å²) in [5.74, 6) is 0. The van der Waals surface area contributed by atoms with E-state index in [0.29, 0.717) is 12.6 Å². The smallest absolute Gasteiger partial charge is 0.134 e. The van der Waals surface area contributed by atoms with Gasteiger partial charge in [0, 0.05) is 10.9 Å². The molecular weight excluding hydrogens is 218 g/mol. The van der Waals surface area contributed by atoms with E-state index >= 15 is 0 Å². The van der Waals surface area contributed by atoms with Crippen molar-refractivity contribution >= 4 is 17.6 Å². The average molecular weight is 235 g/mol. The molecule has 1 aliphatic heterocycles. The van der Waals surface area contributed by atoms with Crippen molar-refractivity contribution in [2.75, 3.05) is 13.1 Å². The Bertz CT molecular complexity index is 372. The predicted octanol–water partition coefficient (Wildman–Crippen LogP) is 2.81. The second-order valence-corrected chi connectivity index (χ2v) is 5.11. The fraction of sp³-hybridized carbons (Fsp3) is 0.462. The molecule has 2 heterocycles. The molecule has 1 unspecified atom stereocenters. The highest BCUT2D eigenvalue weighted by atomic mass is 32.1. The second kappa shape index (κ2) is 5.41. The summed E-state index contributed by atoms with van der Waals surface area (Å²) in [4.78, 5) is 14.3. The molecule has 0 bridgehead atoms. The Morgan fingerprint density at radius 1 is 1.62 bits per heavy atom. The van der Waals surface area contributed by atoms with E-state index in [-0.39, 0.29) is 0 Å². The van der Waals surface area contributed by atoms with Gasteiger partial charge in [0.25, 0.3) is 0 Å². The Balaban J connectivity index is 2.18. The molecule has 1 aromatic rings. The summed E-state index contributed by atoms with van der Waals surface area (Å²) in [6.07, 6.45) is 6.28. The van der Waals surface area contributed by atoms with Crippen molar-refractivity contribution in [2.45, 2.75) is 25.3 Å². The summed E-state index contributed by atoms with van der Waals surface area (Å²) in [5.41, 5.74) is 1.41. The minimum atomic E-state index is 0.450. The van der Waals surface area contributed by atoms with E-state index < -0.39 is 0 Å². The minimum Gasteiger partial charge on any atom is -0.302 e. The second-order valence-electron chi connectivity index (χ2n) is 4.11. The quantitative estimate of drug-likeness (QED) is 0.578. The van der Waals surface area contributed by atoms with E-state index in [1.807, 2.05) is 6.08 Å². The fourth-order valence-electron chi connectivity index (χ4n) is 2.44. The molecule has 0 N–H and O–H groups in total. The molecule has 1 aliphatic rings. The van der Waals surface area contributed by atoms with Crippen molar-refractivity contribution in [3.05, 3.63) is 34.5 Å². The Morgan fingerprint density at radius 3 is 3.25 bits per heavy atom. The number of allylic oxidation sites excluding steroid dienone is 1. The van der Waals surface area contributed by atoms with Gasteiger partial charge >= 0.3 is 0 Å². The van der Waals surface area contributed by atoms with Gasteiger partial charge in [-0.25, -0.2) is 0 Å². The molecule has 0 radical (unpaired) electrons. The summed E-state index contributed by atoms with van der Waals surface area (Å²) in [6.45, 7) is 5.41. The summed E-state index contributed by atoms with van der Waals surface area (Å²) in [6, 6.07) is 2.66. The molecule has 86 valence electrons. The van der Waals surface area contributed by atoms with E-state index in [2.05, 4.69) is 22.9 Å². The van der Waals surface area contributed by atoms with Gasteiger partial charge < -0.3 is 4.79 Å². The van der Waals surface area contributed by atoms with Crippen LogP contribution in [-0.2, 0) is 11.2 Å². The van der Waals surface area contributed by atoms with Gasteiger partial charge in [0.05, 0.1) is 6.54 Å². The van der Waals surface area contributed by atoms with Gasteiger partial charge in [0.2, 0.25) is 0 Å². The van der Waals surface area contributed by atoms with E-state index in [1.165, 1.54) is 23.3 Å². The first kappa shape index (κ1) is 11.6. The molecule has 1 aromatic heterocycles. The molecule has 16 heavy (non-hydrogen) atoms. The van der Waals surface area contributed by atoms with Crippen molar-refractivity contribution in [2.24, 2.45) is 0 Å². The summed E-state index contributed by atoms with van der Waals surface area (Å²) >= 11 is 1.79. The molecule has 2 rings (SSSR count). The van der Waals surface area contributed by atoms with Gasteiger partial charge in [-0.2, -0.15) is 0 Å². The van der Waals surface area contributed by atoms with Gasteiger partial charge in [0.1, 0.15) is 6.29 Å². The summed E-state index contributed by atoms with van der Waals surface area (Å²) in [7, 11) is 0. The number of likely N-dealkylation sites (tertiary alicyclic amines) is 1. The van der Waals surface area contributed by atoms with Gasteiger partial charge in [-0.3, -0.25) is 4.90 Å². The summed E-state index contributed by atoms with van der Waals surface area (Å²) in [5, 5.41) is 2.14. The third-order valence-electron chi connectivity index (χ3n) is 3.14. The SMILES string of the molecule is C=CCc1sccc1C1CCCN1CC=O. The molecule has 1 atom stereocenters. The number of nitrogens with zero attached hydrogens (tertiary/aromatic N) is 1. The van der Waals surface area contributed by atoms with E-state index in [9.17, 15) is 4.79 Å². The predicted molar refractivity (Wildman–Crippen MR) is 67.8 cm³/mol. The minimum absolute atomic E-state index is 0.450. The number of carbonyl (C=O) groups is 1. The molecule has 0 spiro atoms. The molecule has 2 nitrogen and oxygen atoms in total. The topological polar surface area (TPSA) is 20.3 Å². The van der Waals surface area contributed by atoms with Crippen LogP contribution in [0.5, 0.6) is 0 Å². The number of hydrogen-bond acceptors (Lipinski definition) is 3. The van der Waals surface area contributed by atoms with Crippen LogP contribution in [-0.4, -0.2) is 24.3 Å². The number of hydrogen-bond donors (Lipinski definition) is 0. The van der Waals surface area contributed by atoms with Crippen LogP contribution in [0.2, 0.25) is 0 Å². The fourth-order valence-corrected chi connectivity index (χ4v) is 3.37. The monoisotopic (exact) mass is 235 g/mol. The van der Waals surface area contributed by atoms with Crippen LogP contribution in [0.25, 0.3) is 0 Å². The maximum atomic E-state index is 10.6. The number of carbonyl (C=O) groups excluding carboxylic acids is 1. The van der Waals surface area contributed by atoms with E-state index in [0.717, 1.165) is 19.3 Å². The molecular formula is C13H17NOS. The molecule has 0 saturated carbocycles. The average Bonchev–Trinajstić information content (AvgIpc) is 2.87. The van der Waals surface area contributed by atoms with Crippen LogP contribution in [0.3, 0.4) is 0 Å². The Morgan fingerprint density at radius 2 is 2.50 bits per heavy atom. The number of rotatable bonds is 5. The zero-order valence-electron chi connectivity index (χ0n) is 9.39. The summed E-state index contributed by atoms with van der Waals surface area (Å²) < 4.78 is 0. The highest BCUT2D eigenvalue weighted by molar-refractivity contribution is 7.10. The zero-order valence-corrected chi connectivity index (χ0v) is 10.2. The number of thiophene rings is 1. The first-order valence-corrected chi connectivity index (χ1v) is 6.59. The maximum Gasteiger partial charge on any atom is 0.134 e. The molecule has 3 heteroatoms. The molecule has 1 fully saturated rings. The highest BCUT2D eigenvalue weighted by Gasteiger charge is 2.27. The normalized spacial score (nSPS) is 21.1. The Kier molecular flexibility index (Phi) is 3.91. The van der Waals surface area contributed by atoms with Crippen molar-refractivity contribution in [1.29, 1.82) is 0 Å². The van der Waals surface area contributed by atoms with E-state index in [1.54, 1.807) is 11.3 Å². The van der Waals surface area contributed by atoms with Gasteiger partial charge in [-0.05, 0) is 42.8 Å². The van der Waals surface area contributed by atoms with Crippen LogP contribution in [0.1, 0.15) is 29.3 Å². The maximum absolute atomic E-state index is 10.6. The third-order valence-corrected chi connectivity index (χ3v) is 4.10. The van der Waals surface area contributed by atoms with Crippen molar-refractivity contribution in [1.82, 2.24) is 4.90 Å². The van der Waals surface area contributed by atoms with Gasteiger partial charge in [0.15, 0.2) is 0 Å². The highest BCUT2D eigenvalue weighted by Crippen LogP contribution is 2.35. The van der Waals surface area contributed by atoms with Crippen molar-refractivity contribution in [3.8, 4) is 0 Å². The van der Waals surface area contributed by atoms with Crippen molar-refractivity contribution in [3.63, 3.8) is 0 Å². The van der Waals surface area contributed by atoms with Crippen molar-refractivity contribution < 1.29 is 4.79 Å². The van der Waals surface area contributed by atoms with Crippen LogP contribution in [0.15, 0.2) is 24.1 Å². The largest absolute Gasteiger partial charge is 0.302 e. The van der Waals surface area contributed by atoms with Crippen LogP contribution < -0.4 is 0 Å². The third kappa shape index (κ3) is 2.25. The first-order valence-electron chi connectivity index (χ1n) is 5.71. The lowest BCUT2D eigenvalue weighted by atomic mass is 10.0. The molecule has 0 aromatic carbocycles. The van der Waals surface area contributed by atoms with Gasteiger partial charge in [-0.1, -0.05) is 6.08 Å². The number of aldehydes is 1. The molecule has 0 aliphatic carbocycles. The molecule has 1 saturated heterocycles. The standard InChI is InChI=1S/C13H17NOS/c1-2-4-13-11(6-10-16-13)12-5-3-7-14(12)8-9-15/h2,6,9-10,12H,1,3-5,7-8H2. The first-order chi connectivity index (χ1) is 7.86. The zero-order chi connectivity index (χ0) is 11.4. The van der Waals surface area contributed by atoms with Crippen LogP contribution in [0, 0.1) is 0 Å². The van der Waals surface area contributed by atoms with Crippen LogP contribution >= 0.6 is 11.3 Å². The van der Waals surface area contributed by atoms with Gasteiger partial charge in [-0.15, -0.1) is 17.9 Å². The lowest BCUT2D eigenvalue weighted by Crippen LogP contribution is -2.25. The van der Waals surface area contributed by atoms with E-state index in [4.69, 9.17) is 0 Å². The van der Waals surface area contributed by atoms with Crippen LogP contribution in [0.4, 0.5) is 0 Å². The molecule has 0 amide bonds.